The number of benzene rings is 1. The third kappa shape index (κ3) is 3.76. The fraction of sp³-hybridized carbons (Fsp3) is 0.125. The van der Waals surface area contributed by atoms with Crippen LogP contribution in [0.25, 0.3) is 17.2 Å². The van der Waals surface area contributed by atoms with E-state index in [1.54, 1.807) is 31.5 Å². The average Bonchev–Trinajstić information content (AvgIpc) is 2.53. The number of aromatic nitrogens is 1. The van der Waals surface area contributed by atoms with Crippen LogP contribution in [0.4, 0.5) is 5.69 Å². The highest BCUT2D eigenvalue weighted by atomic mass is 16.6. The number of non-ortho nitro benzene ring substituents is 1. The average molecular weight is 298 g/mol. The van der Waals surface area contributed by atoms with Crippen LogP contribution in [0.3, 0.4) is 0 Å². The highest BCUT2D eigenvalue weighted by Gasteiger charge is 2.11. The van der Waals surface area contributed by atoms with Crippen molar-refractivity contribution in [3.8, 4) is 11.1 Å². The van der Waals surface area contributed by atoms with E-state index in [4.69, 9.17) is 4.74 Å². The van der Waals surface area contributed by atoms with Gasteiger partial charge in [0.15, 0.2) is 0 Å². The van der Waals surface area contributed by atoms with Gasteiger partial charge in [-0.05, 0) is 36.3 Å². The fourth-order valence-electron chi connectivity index (χ4n) is 1.93. The molecule has 0 unspecified atom stereocenters. The lowest BCUT2D eigenvalue weighted by molar-refractivity contribution is -0.384. The molecule has 0 amide bonds. The number of ether oxygens (including phenoxy) is 1. The topological polar surface area (TPSA) is 82.3 Å². The highest BCUT2D eigenvalue weighted by Crippen LogP contribution is 2.27. The maximum atomic E-state index is 11.4. The SMILES string of the molecule is CCOC(=O)/C=C/c1cc([N+](=O)[O-])ccc1-c1cccnc1. The molecule has 0 atom stereocenters. The molecule has 0 radical (unpaired) electrons. The summed E-state index contributed by atoms with van der Waals surface area (Å²) < 4.78 is 4.81. The summed E-state index contributed by atoms with van der Waals surface area (Å²) in [5.74, 6) is -0.494. The van der Waals surface area contributed by atoms with E-state index in [1.165, 1.54) is 24.3 Å². The first-order valence-corrected chi connectivity index (χ1v) is 6.65. The molecule has 1 heterocycles. The quantitative estimate of drug-likeness (QED) is 0.366. The van der Waals surface area contributed by atoms with E-state index >= 15 is 0 Å². The zero-order chi connectivity index (χ0) is 15.9. The van der Waals surface area contributed by atoms with Gasteiger partial charge in [0.1, 0.15) is 0 Å². The summed E-state index contributed by atoms with van der Waals surface area (Å²) in [7, 11) is 0. The summed E-state index contributed by atoms with van der Waals surface area (Å²) in [4.78, 5) is 25.9. The van der Waals surface area contributed by atoms with Crippen molar-refractivity contribution < 1.29 is 14.5 Å². The molecule has 0 saturated carbocycles. The second-order valence-corrected chi connectivity index (χ2v) is 4.36. The van der Waals surface area contributed by atoms with E-state index in [0.29, 0.717) is 5.56 Å². The van der Waals surface area contributed by atoms with Crippen LogP contribution in [0.15, 0.2) is 48.8 Å². The zero-order valence-electron chi connectivity index (χ0n) is 11.9. The van der Waals surface area contributed by atoms with Crippen LogP contribution < -0.4 is 0 Å². The van der Waals surface area contributed by atoms with Crippen molar-refractivity contribution >= 4 is 17.7 Å². The maximum Gasteiger partial charge on any atom is 0.330 e. The summed E-state index contributed by atoms with van der Waals surface area (Å²) in [6.45, 7) is 1.98. The standard InChI is InChI=1S/C16H14N2O4/c1-2-22-16(19)8-5-12-10-14(18(20)21)6-7-15(12)13-4-3-9-17-11-13/h3-11H,2H2,1H3/b8-5+. The number of nitro benzene ring substituents is 1. The largest absolute Gasteiger partial charge is 0.463 e. The lowest BCUT2D eigenvalue weighted by Gasteiger charge is -2.06. The van der Waals surface area contributed by atoms with Crippen LogP contribution in [-0.4, -0.2) is 22.5 Å². The third-order valence-corrected chi connectivity index (χ3v) is 2.90. The Kier molecular flexibility index (Phi) is 4.98. The molecular weight excluding hydrogens is 284 g/mol. The summed E-state index contributed by atoms with van der Waals surface area (Å²) in [5, 5.41) is 10.9. The molecule has 1 aromatic heterocycles. The first kappa shape index (κ1) is 15.4. The van der Waals surface area contributed by atoms with E-state index in [0.717, 1.165) is 11.1 Å². The molecule has 2 rings (SSSR count). The molecule has 1 aromatic carbocycles. The Morgan fingerprint density at radius 2 is 2.23 bits per heavy atom. The van der Waals surface area contributed by atoms with Gasteiger partial charge >= 0.3 is 5.97 Å². The van der Waals surface area contributed by atoms with Gasteiger partial charge in [0.05, 0.1) is 11.5 Å². The van der Waals surface area contributed by atoms with Crippen molar-refractivity contribution in [3.05, 3.63) is 64.5 Å². The number of nitrogens with zero attached hydrogens (tertiary/aromatic N) is 2. The van der Waals surface area contributed by atoms with Gasteiger partial charge in [-0.2, -0.15) is 0 Å². The molecule has 0 N–H and O–H groups in total. The predicted molar refractivity (Wildman–Crippen MR) is 82.0 cm³/mol. The molecule has 2 aromatic rings. The summed E-state index contributed by atoms with van der Waals surface area (Å²) in [6, 6.07) is 8.09. The Balaban J connectivity index is 2.45. The van der Waals surface area contributed by atoms with Gasteiger partial charge in [-0.3, -0.25) is 15.1 Å². The summed E-state index contributed by atoms with van der Waals surface area (Å²) in [6.07, 6.45) is 6.06. The van der Waals surface area contributed by atoms with Crippen molar-refractivity contribution in [2.75, 3.05) is 6.61 Å². The monoisotopic (exact) mass is 298 g/mol. The zero-order valence-corrected chi connectivity index (χ0v) is 11.9. The van der Waals surface area contributed by atoms with Crippen LogP contribution in [0.1, 0.15) is 12.5 Å². The maximum absolute atomic E-state index is 11.4. The number of rotatable bonds is 5. The molecule has 0 fully saturated rings. The molecule has 0 bridgehead atoms. The van der Waals surface area contributed by atoms with Gasteiger partial charge in [-0.25, -0.2) is 4.79 Å². The minimum absolute atomic E-state index is 0.0452. The molecule has 0 aliphatic carbocycles. The highest BCUT2D eigenvalue weighted by molar-refractivity contribution is 5.89. The molecule has 22 heavy (non-hydrogen) atoms. The minimum Gasteiger partial charge on any atom is -0.463 e. The van der Waals surface area contributed by atoms with Crippen LogP contribution in [0.2, 0.25) is 0 Å². The smallest absolute Gasteiger partial charge is 0.330 e. The Morgan fingerprint density at radius 1 is 1.41 bits per heavy atom. The van der Waals surface area contributed by atoms with E-state index in [-0.39, 0.29) is 12.3 Å². The number of pyridine rings is 1. The lowest BCUT2D eigenvalue weighted by atomic mass is 10.00. The van der Waals surface area contributed by atoms with Crippen molar-refractivity contribution in [1.29, 1.82) is 0 Å². The molecule has 112 valence electrons. The van der Waals surface area contributed by atoms with Crippen molar-refractivity contribution in [1.82, 2.24) is 4.98 Å². The number of hydrogen-bond acceptors (Lipinski definition) is 5. The van der Waals surface area contributed by atoms with Gasteiger partial charge in [-0.15, -0.1) is 0 Å². The minimum atomic E-state index is -0.494. The number of carbonyl (C=O) groups excluding carboxylic acids is 1. The van der Waals surface area contributed by atoms with Crippen LogP contribution in [-0.2, 0) is 9.53 Å². The van der Waals surface area contributed by atoms with Crippen LogP contribution in [0.5, 0.6) is 0 Å². The number of carbonyl (C=O) groups is 1. The van der Waals surface area contributed by atoms with E-state index in [9.17, 15) is 14.9 Å². The molecule has 6 nitrogen and oxygen atoms in total. The number of hydrogen-bond donors (Lipinski definition) is 0. The van der Waals surface area contributed by atoms with Crippen LogP contribution in [0, 0.1) is 10.1 Å². The molecular formula is C16H14N2O4. The first-order valence-electron chi connectivity index (χ1n) is 6.65. The second kappa shape index (κ2) is 7.12. The Hall–Kier alpha value is -3.02. The Morgan fingerprint density at radius 3 is 2.86 bits per heavy atom. The number of esters is 1. The third-order valence-electron chi connectivity index (χ3n) is 2.90. The fourth-order valence-corrected chi connectivity index (χ4v) is 1.93. The van der Waals surface area contributed by atoms with Crippen molar-refractivity contribution in [2.24, 2.45) is 0 Å². The van der Waals surface area contributed by atoms with Gasteiger partial charge < -0.3 is 4.74 Å². The predicted octanol–water partition coefficient (Wildman–Crippen LogP) is 3.23. The molecule has 0 aliphatic heterocycles. The van der Waals surface area contributed by atoms with Gasteiger partial charge in [0, 0.05) is 36.2 Å². The van der Waals surface area contributed by atoms with Crippen molar-refractivity contribution in [2.45, 2.75) is 6.92 Å². The second-order valence-electron chi connectivity index (χ2n) is 4.36. The normalized spacial score (nSPS) is 10.6. The van der Waals surface area contributed by atoms with Gasteiger partial charge in [0.2, 0.25) is 0 Å². The van der Waals surface area contributed by atoms with Gasteiger partial charge in [-0.1, -0.05) is 6.07 Å². The lowest BCUT2D eigenvalue weighted by Crippen LogP contribution is -1.99. The molecule has 0 saturated heterocycles. The summed E-state index contributed by atoms with van der Waals surface area (Å²) in [5.41, 5.74) is 2.06. The van der Waals surface area contributed by atoms with Crippen LogP contribution >= 0.6 is 0 Å². The first-order chi connectivity index (χ1) is 10.6. The molecule has 6 heteroatoms. The molecule has 0 aliphatic rings. The Labute approximate surface area is 127 Å². The summed E-state index contributed by atoms with van der Waals surface area (Å²) >= 11 is 0. The Bertz CT molecular complexity index is 711. The van der Waals surface area contributed by atoms with E-state index in [1.807, 2.05) is 6.07 Å². The molecule has 0 spiro atoms. The van der Waals surface area contributed by atoms with E-state index < -0.39 is 10.9 Å². The number of nitro groups is 1. The van der Waals surface area contributed by atoms with E-state index in [2.05, 4.69) is 4.98 Å². The van der Waals surface area contributed by atoms with Crippen molar-refractivity contribution in [3.63, 3.8) is 0 Å². The van der Waals surface area contributed by atoms with Gasteiger partial charge in [0.25, 0.3) is 5.69 Å².